The van der Waals surface area contributed by atoms with Crippen molar-refractivity contribution in [3.63, 3.8) is 0 Å². The van der Waals surface area contributed by atoms with E-state index in [0.717, 1.165) is 10.9 Å². The van der Waals surface area contributed by atoms with Crippen LogP contribution in [0.3, 0.4) is 0 Å². The molecule has 7 heteroatoms. The summed E-state index contributed by atoms with van der Waals surface area (Å²) in [4.78, 5) is 15.7. The summed E-state index contributed by atoms with van der Waals surface area (Å²) in [6, 6.07) is 10.4. The zero-order valence-corrected chi connectivity index (χ0v) is 15.6. The Balaban J connectivity index is 2.30. The van der Waals surface area contributed by atoms with Gasteiger partial charge in [-0.1, -0.05) is 40.9 Å². The fourth-order valence-corrected chi connectivity index (χ4v) is 3.79. The predicted molar refractivity (Wildman–Crippen MR) is 102 cm³/mol. The maximum Gasteiger partial charge on any atom is 0.228 e. The van der Waals surface area contributed by atoms with Crippen molar-refractivity contribution in [2.45, 2.75) is 0 Å². The minimum absolute atomic E-state index is 0.0707. The molecule has 1 heterocycles. The van der Waals surface area contributed by atoms with Gasteiger partial charge in [-0.2, -0.15) is 0 Å². The number of carbonyl (C=O) groups excluding carboxylic acids is 1. The van der Waals surface area contributed by atoms with Crippen molar-refractivity contribution in [3.05, 3.63) is 57.2 Å². The maximum atomic E-state index is 12.6. The molecule has 3 nitrogen and oxygen atoms in total. The molecule has 3 rings (SSSR count). The number of aromatic amines is 1. The number of halogens is 3. The van der Waals surface area contributed by atoms with Crippen molar-refractivity contribution in [3.8, 4) is 11.1 Å². The number of aromatic nitrogens is 1. The van der Waals surface area contributed by atoms with Gasteiger partial charge in [-0.25, -0.2) is 0 Å². The molecule has 0 aliphatic rings. The van der Waals surface area contributed by atoms with Gasteiger partial charge in [0.2, 0.25) is 5.78 Å². The smallest absolute Gasteiger partial charge is 0.228 e. The fourth-order valence-electron chi connectivity index (χ4n) is 2.60. The highest BCUT2D eigenvalue weighted by Crippen LogP contribution is 2.39. The van der Waals surface area contributed by atoms with Crippen LogP contribution in [-0.2, 0) is 11.2 Å². The number of H-pyrrole nitrogens is 1. The molecule has 1 aromatic heterocycles. The van der Waals surface area contributed by atoms with Crippen molar-refractivity contribution >= 4 is 62.7 Å². The zero-order valence-electron chi connectivity index (χ0n) is 12.5. The van der Waals surface area contributed by atoms with Crippen molar-refractivity contribution in [1.29, 1.82) is 0 Å². The van der Waals surface area contributed by atoms with E-state index in [-0.39, 0.29) is 11.5 Å². The Morgan fingerprint density at radius 3 is 2.46 bits per heavy atom. The molecule has 1 unspecified atom stereocenters. The summed E-state index contributed by atoms with van der Waals surface area (Å²) in [6.07, 6.45) is 1.49. The van der Waals surface area contributed by atoms with E-state index in [1.54, 1.807) is 36.4 Å². The number of Topliss-reactive ketones (excluding diaryl/α,β-unsaturated/α-hetero) is 1. The molecule has 124 valence electrons. The third-order valence-electron chi connectivity index (χ3n) is 3.57. The Kier molecular flexibility index (Phi) is 5.13. The van der Waals surface area contributed by atoms with E-state index in [2.05, 4.69) is 4.98 Å². The van der Waals surface area contributed by atoms with E-state index in [1.165, 1.54) is 6.26 Å². The van der Waals surface area contributed by atoms with Gasteiger partial charge in [0.05, 0.1) is 11.9 Å². The number of nitrogens with one attached hydrogen (secondary N) is 1. The maximum absolute atomic E-state index is 12.6. The van der Waals surface area contributed by atoms with E-state index < -0.39 is 11.2 Å². The Hall–Kier alpha value is -1.17. The van der Waals surface area contributed by atoms with Gasteiger partial charge in [-0.3, -0.25) is 4.79 Å². The first kappa shape index (κ1) is 17.6. The van der Waals surface area contributed by atoms with Crippen LogP contribution in [0, 0.1) is 0 Å². The lowest BCUT2D eigenvalue weighted by Crippen LogP contribution is -2.15. The van der Waals surface area contributed by atoms with E-state index >= 15 is 0 Å². The third kappa shape index (κ3) is 3.44. The summed E-state index contributed by atoms with van der Waals surface area (Å²) in [5, 5.41) is 2.25. The Morgan fingerprint density at radius 1 is 1.12 bits per heavy atom. The first-order valence-corrected chi connectivity index (χ1v) is 9.83. The predicted octanol–water partition coefficient (Wildman–Crippen LogP) is 5.36. The van der Waals surface area contributed by atoms with E-state index in [0.29, 0.717) is 31.9 Å². The number of rotatable bonds is 4. The number of ketones is 1. The summed E-state index contributed by atoms with van der Waals surface area (Å²) in [5.41, 5.74) is 2.43. The van der Waals surface area contributed by atoms with E-state index in [4.69, 9.17) is 34.8 Å². The Labute approximate surface area is 157 Å². The van der Waals surface area contributed by atoms with Crippen molar-refractivity contribution < 1.29 is 9.35 Å². The molecule has 0 aliphatic carbocycles. The molecule has 0 radical (unpaired) electrons. The second kappa shape index (κ2) is 6.98. The second-order valence-corrected chi connectivity index (χ2v) is 8.04. The molecule has 1 atom stereocenters. The summed E-state index contributed by atoms with van der Waals surface area (Å²) in [7, 11) is 0. The standard InChI is InChI=1S/C17H12Cl3NO2S/c1-24(23)8-15(22)17-16(11-4-2-10(19)7-13(11)20)12-6-9(18)3-5-14(12)21-17/h2-7,21H,8H2,1H3. The average Bonchev–Trinajstić information content (AvgIpc) is 2.85. The summed E-state index contributed by atoms with van der Waals surface area (Å²) in [5.74, 6) is -0.317. The summed E-state index contributed by atoms with van der Waals surface area (Å²) < 4.78 is 11.5. The lowest BCUT2D eigenvalue weighted by Gasteiger charge is -2.08. The minimum atomic E-state index is -1.25. The van der Waals surface area contributed by atoms with Gasteiger partial charge in [-0.05, 0) is 41.5 Å². The first-order chi connectivity index (χ1) is 11.4. The second-order valence-electron chi connectivity index (χ2n) is 5.33. The van der Waals surface area contributed by atoms with Gasteiger partial charge in [0.15, 0.2) is 5.75 Å². The molecular weight excluding hydrogens is 389 g/mol. The van der Waals surface area contributed by atoms with Crippen LogP contribution >= 0.6 is 34.8 Å². The van der Waals surface area contributed by atoms with Crippen LogP contribution in [0.15, 0.2) is 36.4 Å². The molecule has 0 bridgehead atoms. The quantitative estimate of drug-likeness (QED) is 0.473. The summed E-state index contributed by atoms with van der Waals surface area (Å²) in [6.45, 7) is 0. The van der Waals surface area contributed by atoms with Crippen LogP contribution in [0.5, 0.6) is 0 Å². The molecule has 0 amide bonds. The normalized spacial score (nSPS) is 12.5. The minimum Gasteiger partial charge on any atom is -0.616 e. The lowest BCUT2D eigenvalue weighted by atomic mass is 10.0. The number of hydrogen-bond acceptors (Lipinski definition) is 2. The molecule has 0 saturated carbocycles. The van der Waals surface area contributed by atoms with Crippen molar-refractivity contribution in [1.82, 2.24) is 4.98 Å². The zero-order chi connectivity index (χ0) is 17.4. The first-order valence-electron chi connectivity index (χ1n) is 6.96. The summed E-state index contributed by atoms with van der Waals surface area (Å²) >= 11 is 17.2. The topological polar surface area (TPSA) is 55.9 Å². The molecule has 1 N–H and O–H groups in total. The van der Waals surface area contributed by atoms with Gasteiger partial charge in [0.25, 0.3) is 0 Å². The van der Waals surface area contributed by atoms with Gasteiger partial charge >= 0.3 is 0 Å². The SMILES string of the molecule is C[S+]([O-])CC(=O)c1[nH]c2ccc(Cl)cc2c1-c1ccc(Cl)cc1Cl. The number of fused-ring (bicyclic) bond motifs is 1. The molecule has 0 aliphatic heterocycles. The number of hydrogen-bond donors (Lipinski definition) is 1. The lowest BCUT2D eigenvalue weighted by molar-refractivity contribution is 0.101. The van der Waals surface area contributed by atoms with Crippen LogP contribution < -0.4 is 0 Å². The highest BCUT2D eigenvalue weighted by atomic mass is 35.5. The van der Waals surface area contributed by atoms with Crippen molar-refractivity contribution in [2.24, 2.45) is 0 Å². The molecule has 3 aromatic rings. The number of benzene rings is 2. The van der Waals surface area contributed by atoms with Gasteiger partial charge < -0.3 is 9.54 Å². The van der Waals surface area contributed by atoms with Crippen molar-refractivity contribution in [2.75, 3.05) is 12.0 Å². The molecule has 2 aromatic carbocycles. The van der Waals surface area contributed by atoms with E-state index in [1.807, 2.05) is 0 Å². The largest absolute Gasteiger partial charge is 0.616 e. The average molecular weight is 401 g/mol. The van der Waals surface area contributed by atoms with Crippen LogP contribution in [-0.4, -0.2) is 27.3 Å². The van der Waals surface area contributed by atoms with Gasteiger partial charge in [0.1, 0.15) is 0 Å². The Morgan fingerprint density at radius 2 is 1.79 bits per heavy atom. The molecule has 0 fully saturated rings. The van der Waals surface area contributed by atoms with Gasteiger partial charge in [0, 0.05) is 37.1 Å². The third-order valence-corrected chi connectivity index (χ3v) is 5.03. The molecular formula is C17H12Cl3NO2S. The molecule has 0 spiro atoms. The fraction of sp³-hybridized carbons (Fsp3) is 0.118. The highest BCUT2D eigenvalue weighted by molar-refractivity contribution is 7.91. The molecule has 24 heavy (non-hydrogen) atoms. The van der Waals surface area contributed by atoms with Crippen LogP contribution in [0.2, 0.25) is 15.1 Å². The number of carbonyl (C=O) groups is 1. The van der Waals surface area contributed by atoms with Crippen LogP contribution in [0.1, 0.15) is 10.5 Å². The van der Waals surface area contributed by atoms with E-state index in [9.17, 15) is 9.35 Å². The highest BCUT2D eigenvalue weighted by Gasteiger charge is 2.23. The van der Waals surface area contributed by atoms with Crippen LogP contribution in [0.25, 0.3) is 22.0 Å². The Bertz CT molecular complexity index is 937. The van der Waals surface area contributed by atoms with Crippen LogP contribution in [0.4, 0.5) is 0 Å². The van der Waals surface area contributed by atoms with Gasteiger partial charge in [-0.15, -0.1) is 0 Å². The molecule has 0 saturated heterocycles. The monoisotopic (exact) mass is 399 g/mol.